The van der Waals surface area contributed by atoms with Gasteiger partial charge in [-0.3, -0.25) is 14.9 Å². The molecule has 110 valence electrons. The summed E-state index contributed by atoms with van der Waals surface area (Å²) in [6.45, 7) is 0. The fourth-order valence-electron chi connectivity index (χ4n) is 2.02. The normalized spacial score (nSPS) is 10.8. The smallest absolute Gasteiger partial charge is 0.272 e. The van der Waals surface area contributed by atoms with E-state index in [-0.39, 0.29) is 28.2 Å². The molecule has 0 atom stereocenters. The van der Waals surface area contributed by atoms with Crippen LogP contribution in [0.1, 0.15) is 10.4 Å². The van der Waals surface area contributed by atoms with Crippen LogP contribution in [0, 0.1) is 10.1 Å². The molecule has 0 aliphatic carbocycles. The van der Waals surface area contributed by atoms with Gasteiger partial charge in [-0.15, -0.1) is 0 Å². The third-order valence-corrected chi connectivity index (χ3v) is 3.53. The number of carbonyl (C=O) groups is 1. The van der Waals surface area contributed by atoms with E-state index in [0.29, 0.717) is 10.6 Å². The zero-order valence-electron chi connectivity index (χ0n) is 10.7. The molecule has 2 aromatic carbocycles. The van der Waals surface area contributed by atoms with Crippen LogP contribution in [0.2, 0.25) is 5.02 Å². The van der Waals surface area contributed by atoms with Gasteiger partial charge in [-0.1, -0.05) is 23.7 Å². The highest BCUT2D eigenvalue weighted by Crippen LogP contribution is 2.33. The van der Waals surface area contributed by atoms with Crippen LogP contribution in [-0.4, -0.2) is 15.1 Å². The van der Waals surface area contributed by atoms with Crippen LogP contribution in [0.4, 0.5) is 5.69 Å². The first kappa shape index (κ1) is 14.5. The summed E-state index contributed by atoms with van der Waals surface area (Å²) in [4.78, 5) is 25.9. The number of fused-ring (bicyclic) bond motifs is 1. The first-order valence-corrected chi connectivity index (χ1v) is 6.76. The summed E-state index contributed by atoms with van der Waals surface area (Å²) in [6.07, 6.45) is 0. The topological polar surface area (TPSA) is 86.2 Å². The molecule has 6 nitrogen and oxygen atoms in total. The second kappa shape index (κ2) is 5.40. The van der Waals surface area contributed by atoms with Gasteiger partial charge in [-0.05, 0) is 23.7 Å². The van der Waals surface area contributed by atoms with E-state index in [2.05, 4.69) is 4.98 Å². The van der Waals surface area contributed by atoms with Crippen molar-refractivity contribution < 1.29 is 14.1 Å². The first-order chi connectivity index (χ1) is 10.5. The van der Waals surface area contributed by atoms with E-state index in [1.807, 2.05) is 0 Å². The quantitative estimate of drug-likeness (QED) is 0.401. The summed E-state index contributed by atoms with van der Waals surface area (Å²) >= 11 is 11.5. The predicted octanol–water partition coefficient (Wildman–Crippen LogP) is 4.44. The molecule has 22 heavy (non-hydrogen) atoms. The Kier molecular flexibility index (Phi) is 3.56. The summed E-state index contributed by atoms with van der Waals surface area (Å²) < 4.78 is 5.54. The average molecular weight is 337 g/mol. The van der Waals surface area contributed by atoms with Gasteiger partial charge in [-0.25, -0.2) is 4.98 Å². The Labute approximate surface area is 133 Å². The van der Waals surface area contributed by atoms with Crippen LogP contribution in [-0.2, 0) is 0 Å². The summed E-state index contributed by atoms with van der Waals surface area (Å²) in [5, 5.41) is 10.5. The molecule has 0 saturated carbocycles. The monoisotopic (exact) mass is 336 g/mol. The maximum absolute atomic E-state index is 11.5. The van der Waals surface area contributed by atoms with Crippen LogP contribution in [0.15, 0.2) is 40.8 Å². The Morgan fingerprint density at radius 1 is 1.27 bits per heavy atom. The van der Waals surface area contributed by atoms with Crippen molar-refractivity contribution in [1.29, 1.82) is 0 Å². The lowest BCUT2D eigenvalue weighted by atomic mass is 10.2. The van der Waals surface area contributed by atoms with Crippen LogP contribution in [0.25, 0.3) is 22.6 Å². The number of aromatic nitrogens is 1. The highest BCUT2D eigenvalue weighted by Gasteiger charge is 2.21. The highest BCUT2D eigenvalue weighted by molar-refractivity contribution is 6.68. The van der Waals surface area contributed by atoms with Gasteiger partial charge in [0, 0.05) is 12.1 Å². The number of rotatable bonds is 3. The second-order valence-corrected chi connectivity index (χ2v) is 5.12. The summed E-state index contributed by atoms with van der Waals surface area (Å²) in [5.41, 5.74) is 0.344. The Morgan fingerprint density at radius 2 is 2.00 bits per heavy atom. The Morgan fingerprint density at radius 3 is 2.64 bits per heavy atom. The Bertz CT molecular complexity index is 920. The van der Waals surface area contributed by atoms with Gasteiger partial charge >= 0.3 is 0 Å². The van der Waals surface area contributed by atoms with E-state index in [4.69, 9.17) is 27.6 Å². The third-order valence-electron chi connectivity index (χ3n) is 3.00. The minimum Gasteiger partial charge on any atom is -0.435 e. The molecule has 3 rings (SSSR count). The molecule has 0 bridgehead atoms. The number of hydrogen-bond acceptors (Lipinski definition) is 5. The number of halogens is 2. The van der Waals surface area contributed by atoms with Crippen LogP contribution >= 0.6 is 23.2 Å². The lowest BCUT2D eigenvalue weighted by Crippen LogP contribution is -1.94. The number of oxazole rings is 1. The van der Waals surface area contributed by atoms with Gasteiger partial charge in [0.05, 0.1) is 21.1 Å². The van der Waals surface area contributed by atoms with Gasteiger partial charge in [0.15, 0.2) is 5.58 Å². The molecule has 0 radical (unpaired) electrons. The molecule has 0 fully saturated rings. The average Bonchev–Trinajstić information content (AvgIpc) is 2.89. The van der Waals surface area contributed by atoms with Crippen molar-refractivity contribution in [2.45, 2.75) is 0 Å². The minimum absolute atomic E-state index is 0.0838. The molecule has 0 saturated heterocycles. The fraction of sp³-hybridized carbons (Fsp3) is 0. The molecule has 1 aromatic heterocycles. The molecule has 3 aromatic rings. The van der Waals surface area contributed by atoms with Crippen molar-refractivity contribution in [3.63, 3.8) is 0 Å². The number of nitrogens with zero attached hydrogens (tertiary/aromatic N) is 2. The molecule has 0 unspecified atom stereocenters. The van der Waals surface area contributed by atoms with Crippen molar-refractivity contribution in [2.75, 3.05) is 0 Å². The lowest BCUT2D eigenvalue weighted by Gasteiger charge is -1.97. The standard InChI is InChI=1S/C14H6Cl2N2O4/c15-10-4-2-1-3-8(10)14-17-11-6-7(18(20)21)5-9(13(16)19)12(11)22-14/h1-6H. The van der Waals surface area contributed by atoms with E-state index >= 15 is 0 Å². The summed E-state index contributed by atoms with van der Waals surface area (Å²) in [7, 11) is 0. The van der Waals surface area contributed by atoms with Crippen LogP contribution in [0.5, 0.6) is 0 Å². The number of nitro benzene ring substituents is 1. The van der Waals surface area contributed by atoms with E-state index in [1.165, 1.54) is 6.07 Å². The number of carbonyl (C=O) groups excluding carboxylic acids is 1. The maximum Gasteiger partial charge on any atom is 0.272 e. The SMILES string of the molecule is O=C(Cl)c1cc([N+](=O)[O-])cc2nc(-c3ccccc3Cl)oc12. The van der Waals surface area contributed by atoms with Crippen molar-refractivity contribution in [3.8, 4) is 11.5 Å². The van der Waals surface area contributed by atoms with E-state index in [1.54, 1.807) is 24.3 Å². The van der Waals surface area contributed by atoms with Crippen molar-refractivity contribution in [1.82, 2.24) is 4.98 Å². The summed E-state index contributed by atoms with van der Waals surface area (Å²) in [6, 6.07) is 9.09. The molecule has 8 heteroatoms. The number of non-ortho nitro benzene ring substituents is 1. The lowest BCUT2D eigenvalue weighted by molar-refractivity contribution is -0.384. The predicted molar refractivity (Wildman–Crippen MR) is 81.3 cm³/mol. The molecular formula is C14H6Cl2N2O4. The van der Waals surface area contributed by atoms with Crippen molar-refractivity contribution in [3.05, 3.63) is 57.1 Å². The molecule has 0 aliphatic heterocycles. The highest BCUT2D eigenvalue weighted by atomic mass is 35.5. The molecule has 0 spiro atoms. The maximum atomic E-state index is 11.5. The zero-order chi connectivity index (χ0) is 15.9. The van der Waals surface area contributed by atoms with E-state index < -0.39 is 10.2 Å². The Balaban J connectivity index is 2.29. The first-order valence-electron chi connectivity index (χ1n) is 6.01. The van der Waals surface area contributed by atoms with Crippen molar-refractivity contribution in [2.24, 2.45) is 0 Å². The molecular weight excluding hydrogens is 331 g/mol. The largest absolute Gasteiger partial charge is 0.435 e. The van der Waals surface area contributed by atoms with Gasteiger partial charge < -0.3 is 4.42 Å². The molecule has 0 amide bonds. The van der Waals surface area contributed by atoms with Crippen molar-refractivity contribution >= 4 is 45.2 Å². The second-order valence-electron chi connectivity index (χ2n) is 4.37. The number of nitro groups is 1. The van der Waals surface area contributed by atoms with E-state index in [9.17, 15) is 14.9 Å². The summed E-state index contributed by atoms with van der Waals surface area (Å²) in [5.74, 6) is 0.153. The zero-order valence-corrected chi connectivity index (χ0v) is 12.3. The minimum atomic E-state index is -0.865. The third kappa shape index (κ3) is 2.43. The molecule has 0 N–H and O–H groups in total. The number of hydrogen-bond donors (Lipinski definition) is 0. The fourth-order valence-corrected chi connectivity index (χ4v) is 2.38. The van der Waals surface area contributed by atoms with E-state index in [0.717, 1.165) is 6.07 Å². The van der Waals surface area contributed by atoms with Gasteiger partial charge in [0.1, 0.15) is 5.52 Å². The Hall–Kier alpha value is -2.44. The van der Waals surface area contributed by atoms with Gasteiger partial charge in [-0.2, -0.15) is 0 Å². The number of benzene rings is 2. The molecule has 1 heterocycles. The molecule has 0 aliphatic rings. The van der Waals surface area contributed by atoms with Gasteiger partial charge in [0.2, 0.25) is 5.89 Å². The van der Waals surface area contributed by atoms with Gasteiger partial charge in [0.25, 0.3) is 10.9 Å². The van der Waals surface area contributed by atoms with Crippen LogP contribution < -0.4 is 0 Å². The van der Waals surface area contributed by atoms with Crippen LogP contribution in [0.3, 0.4) is 0 Å².